The summed E-state index contributed by atoms with van der Waals surface area (Å²) in [4.78, 5) is 50.5. The van der Waals surface area contributed by atoms with Crippen LogP contribution in [0.1, 0.15) is 27.1 Å². The molecular weight excluding hydrogens is 374 g/mol. The third-order valence-corrected chi connectivity index (χ3v) is 5.01. The zero-order valence-corrected chi connectivity index (χ0v) is 16.2. The molecule has 1 aromatic carbocycles. The molecule has 1 aromatic heterocycles. The summed E-state index contributed by atoms with van der Waals surface area (Å²) < 4.78 is 5.87. The van der Waals surface area contributed by atoms with Crippen molar-refractivity contribution < 1.29 is 19.1 Å². The van der Waals surface area contributed by atoms with Crippen LogP contribution in [-0.2, 0) is 4.79 Å². The van der Waals surface area contributed by atoms with Gasteiger partial charge in [0.05, 0.1) is 30.1 Å². The number of carbonyl (C=O) groups excluding carboxylic acids is 3. The predicted molar refractivity (Wildman–Crippen MR) is 104 cm³/mol. The third-order valence-electron chi connectivity index (χ3n) is 5.01. The van der Waals surface area contributed by atoms with Gasteiger partial charge in [-0.25, -0.2) is 0 Å². The van der Waals surface area contributed by atoms with E-state index in [-0.39, 0.29) is 18.6 Å². The van der Waals surface area contributed by atoms with E-state index in [4.69, 9.17) is 4.74 Å². The lowest BCUT2D eigenvalue weighted by atomic mass is 10.1. The molecule has 0 spiro atoms. The van der Waals surface area contributed by atoms with Crippen molar-refractivity contribution in [3.05, 3.63) is 47.8 Å². The number of hydrogen-bond acceptors (Lipinski definition) is 7. The summed E-state index contributed by atoms with van der Waals surface area (Å²) in [7, 11) is 3.73. The minimum Gasteiger partial charge on any atom is -0.471 e. The van der Waals surface area contributed by atoms with Gasteiger partial charge >= 0.3 is 0 Å². The molecule has 29 heavy (non-hydrogen) atoms. The number of rotatable bonds is 5. The Bertz CT molecular complexity index is 942. The average Bonchev–Trinajstić information content (AvgIpc) is 3.27. The summed E-state index contributed by atoms with van der Waals surface area (Å²) in [5.41, 5.74) is 0.680. The molecule has 0 radical (unpaired) electrons. The number of aromatic nitrogens is 2. The molecule has 0 aliphatic carbocycles. The first-order valence-electron chi connectivity index (χ1n) is 9.33. The van der Waals surface area contributed by atoms with Crippen LogP contribution in [0.2, 0.25) is 0 Å². The molecule has 2 aromatic rings. The number of likely N-dealkylation sites (tertiary alicyclic amines) is 1. The predicted octanol–water partition coefficient (Wildman–Crippen LogP) is 0.818. The summed E-state index contributed by atoms with van der Waals surface area (Å²) >= 11 is 0. The number of ether oxygens (including phenoxy) is 1. The maximum atomic E-state index is 12.7. The van der Waals surface area contributed by atoms with Crippen molar-refractivity contribution in [3.63, 3.8) is 0 Å². The van der Waals surface area contributed by atoms with Crippen molar-refractivity contribution in [1.82, 2.24) is 19.8 Å². The Morgan fingerprint density at radius 2 is 1.86 bits per heavy atom. The van der Waals surface area contributed by atoms with E-state index in [0.717, 1.165) is 4.90 Å². The van der Waals surface area contributed by atoms with Gasteiger partial charge in [-0.15, -0.1) is 0 Å². The van der Waals surface area contributed by atoms with Crippen LogP contribution in [0, 0.1) is 0 Å². The van der Waals surface area contributed by atoms with Crippen LogP contribution in [0.5, 0.6) is 5.88 Å². The fourth-order valence-corrected chi connectivity index (χ4v) is 3.45. The fraction of sp³-hybridized carbons (Fsp3) is 0.350. The Morgan fingerprint density at radius 3 is 2.52 bits per heavy atom. The van der Waals surface area contributed by atoms with Crippen molar-refractivity contribution >= 4 is 23.5 Å². The Kier molecular flexibility index (Phi) is 4.87. The second kappa shape index (κ2) is 7.50. The highest BCUT2D eigenvalue weighted by Crippen LogP contribution is 2.23. The molecule has 150 valence electrons. The van der Waals surface area contributed by atoms with E-state index in [1.807, 2.05) is 19.0 Å². The lowest BCUT2D eigenvalue weighted by Crippen LogP contribution is -2.42. The molecule has 2 aliphatic heterocycles. The Hall–Kier alpha value is -3.49. The molecule has 1 atom stereocenters. The smallest absolute Gasteiger partial charge is 0.262 e. The van der Waals surface area contributed by atoms with Gasteiger partial charge in [-0.05, 0) is 12.1 Å². The molecule has 1 unspecified atom stereocenters. The second-order valence-corrected chi connectivity index (χ2v) is 7.22. The van der Waals surface area contributed by atoms with Crippen LogP contribution in [0.15, 0.2) is 36.7 Å². The van der Waals surface area contributed by atoms with Crippen LogP contribution in [0.25, 0.3) is 0 Å². The Balaban J connectivity index is 1.36. The van der Waals surface area contributed by atoms with Crippen LogP contribution >= 0.6 is 0 Å². The minimum absolute atomic E-state index is 0.215. The van der Waals surface area contributed by atoms with Crippen LogP contribution in [-0.4, -0.2) is 77.3 Å². The first-order valence-corrected chi connectivity index (χ1v) is 9.33. The first-order chi connectivity index (χ1) is 13.9. The SMILES string of the molecule is CN(C)c1cncc(OC2CCN(C(=O)CN3C(=O)c4ccccc4C3=O)C2)n1. The highest BCUT2D eigenvalue weighted by Gasteiger charge is 2.38. The highest BCUT2D eigenvalue weighted by molar-refractivity contribution is 6.22. The monoisotopic (exact) mass is 395 g/mol. The zero-order valence-electron chi connectivity index (χ0n) is 16.2. The number of nitrogens with zero attached hydrogens (tertiary/aromatic N) is 5. The number of hydrogen-bond donors (Lipinski definition) is 0. The summed E-state index contributed by atoms with van der Waals surface area (Å²) in [6, 6.07) is 6.60. The molecule has 3 heterocycles. The average molecular weight is 395 g/mol. The van der Waals surface area contributed by atoms with Gasteiger partial charge in [0.25, 0.3) is 11.8 Å². The van der Waals surface area contributed by atoms with Gasteiger partial charge in [0.15, 0.2) is 5.82 Å². The van der Waals surface area contributed by atoms with E-state index in [1.165, 1.54) is 6.20 Å². The molecule has 2 aliphatic rings. The van der Waals surface area contributed by atoms with Gasteiger partial charge in [-0.1, -0.05) is 12.1 Å². The molecule has 3 amide bonds. The third kappa shape index (κ3) is 3.63. The fourth-order valence-electron chi connectivity index (χ4n) is 3.45. The number of fused-ring (bicyclic) bond motifs is 1. The number of amides is 3. The number of carbonyl (C=O) groups is 3. The molecule has 9 nitrogen and oxygen atoms in total. The largest absolute Gasteiger partial charge is 0.471 e. The number of anilines is 1. The van der Waals surface area contributed by atoms with E-state index in [1.54, 1.807) is 35.4 Å². The van der Waals surface area contributed by atoms with Gasteiger partial charge in [-0.2, -0.15) is 4.98 Å². The van der Waals surface area contributed by atoms with E-state index in [0.29, 0.717) is 42.3 Å². The van der Waals surface area contributed by atoms with Crippen LogP contribution in [0.4, 0.5) is 5.82 Å². The van der Waals surface area contributed by atoms with Gasteiger partial charge in [0.1, 0.15) is 12.6 Å². The molecular formula is C20H21N5O4. The Labute approximate surface area is 167 Å². The Morgan fingerprint density at radius 1 is 1.17 bits per heavy atom. The van der Waals surface area contributed by atoms with Crippen molar-refractivity contribution in [3.8, 4) is 5.88 Å². The lowest BCUT2D eigenvalue weighted by molar-refractivity contribution is -0.130. The minimum atomic E-state index is -0.429. The van der Waals surface area contributed by atoms with Gasteiger partial charge in [-0.3, -0.25) is 24.3 Å². The zero-order chi connectivity index (χ0) is 20.5. The molecule has 1 saturated heterocycles. The topological polar surface area (TPSA) is 95.9 Å². The van der Waals surface area contributed by atoms with Crippen LogP contribution < -0.4 is 9.64 Å². The summed E-state index contributed by atoms with van der Waals surface area (Å²) in [5.74, 6) is -0.0583. The highest BCUT2D eigenvalue weighted by atomic mass is 16.5. The summed E-state index contributed by atoms with van der Waals surface area (Å²) in [5, 5.41) is 0. The maximum absolute atomic E-state index is 12.7. The first kappa shape index (κ1) is 18.9. The molecule has 4 rings (SSSR count). The molecule has 0 bridgehead atoms. The number of benzene rings is 1. The van der Waals surface area contributed by atoms with E-state index >= 15 is 0 Å². The summed E-state index contributed by atoms with van der Waals surface area (Å²) in [6.45, 7) is 0.596. The quantitative estimate of drug-likeness (QED) is 0.692. The summed E-state index contributed by atoms with van der Waals surface area (Å²) in [6.07, 6.45) is 3.60. The van der Waals surface area contributed by atoms with E-state index in [2.05, 4.69) is 9.97 Å². The molecule has 9 heteroatoms. The maximum Gasteiger partial charge on any atom is 0.262 e. The second-order valence-electron chi connectivity index (χ2n) is 7.22. The van der Waals surface area contributed by atoms with Gasteiger partial charge in [0.2, 0.25) is 11.8 Å². The van der Waals surface area contributed by atoms with Crippen molar-refractivity contribution in [2.75, 3.05) is 38.6 Å². The lowest BCUT2D eigenvalue weighted by Gasteiger charge is -2.20. The normalized spacial score (nSPS) is 18.2. The number of imide groups is 1. The molecule has 0 N–H and O–H groups in total. The van der Waals surface area contributed by atoms with Crippen LogP contribution in [0.3, 0.4) is 0 Å². The van der Waals surface area contributed by atoms with Crippen molar-refractivity contribution in [2.45, 2.75) is 12.5 Å². The molecule has 0 saturated carbocycles. The van der Waals surface area contributed by atoms with E-state index < -0.39 is 11.8 Å². The van der Waals surface area contributed by atoms with Gasteiger partial charge < -0.3 is 14.5 Å². The van der Waals surface area contributed by atoms with Crippen molar-refractivity contribution in [1.29, 1.82) is 0 Å². The van der Waals surface area contributed by atoms with Gasteiger partial charge in [0, 0.05) is 27.1 Å². The van der Waals surface area contributed by atoms with E-state index in [9.17, 15) is 14.4 Å². The standard InChI is InChI=1S/C20H21N5O4/c1-23(2)16-9-21-10-17(22-16)29-13-7-8-24(11-13)18(26)12-25-19(27)14-5-3-4-6-15(14)20(25)28/h3-6,9-10,13H,7-8,11-12H2,1-2H3. The molecule has 1 fully saturated rings. The van der Waals surface area contributed by atoms with Crippen molar-refractivity contribution in [2.24, 2.45) is 0 Å².